The van der Waals surface area contributed by atoms with E-state index in [1.807, 2.05) is 24.1 Å². The fourth-order valence-corrected chi connectivity index (χ4v) is 2.48. The molecule has 1 fully saturated rings. The van der Waals surface area contributed by atoms with Gasteiger partial charge in [-0.05, 0) is 19.8 Å². The van der Waals surface area contributed by atoms with Crippen LogP contribution in [0.15, 0.2) is 17.4 Å². The highest BCUT2D eigenvalue weighted by molar-refractivity contribution is 5.80. The summed E-state index contributed by atoms with van der Waals surface area (Å²) < 4.78 is 1.81. The van der Waals surface area contributed by atoms with E-state index in [4.69, 9.17) is 0 Å². The summed E-state index contributed by atoms with van der Waals surface area (Å²) in [4.78, 5) is 4.63. The third kappa shape index (κ3) is 4.58. The van der Waals surface area contributed by atoms with Gasteiger partial charge in [0.25, 0.3) is 0 Å². The molecule has 19 heavy (non-hydrogen) atoms. The van der Waals surface area contributed by atoms with E-state index >= 15 is 0 Å². The maximum absolute atomic E-state index is 4.63. The molecule has 2 rings (SSSR count). The lowest BCUT2D eigenvalue weighted by Crippen LogP contribution is -2.44. The number of nitrogens with zero attached hydrogens (tertiary/aromatic N) is 3. The highest BCUT2D eigenvalue weighted by atomic mass is 15.2. The van der Waals surface area contributed by atoms with Gasteiger partial charge in [0, 0.05) is 31.4 Å². The van der Waals surface area contributed by atoms with Crippen molar-refractivity contribution in [3.05, 3.63) is 18.0 Å². The van der Waals surface area contributed by atoms with Crippen molar-refractivity contribution in [1.82, 2.24) is 20.4 Å². The monoisotopic (exact) mass is 263 g/mol. The minimum absolute atomic E-state index is 0.584. The minimum Gasteiger partial charge on any atom is -0.357 e. The van der Waals surface area contributed by atoms with Gasteiger partial charge in [-0.25, -0.2) is 4.99 Å². The molecule has 0 aliphatic heterocycles. The Hall–Kier alpha value is -1.52. The first-order chi connectivity index (χ1) is 9.28. The van der Waals surface area contributed by atoms with Crippen LogP contribution in [0.3, 0.4) is 0 Å². The molecular weight excluding hydrogens is 238 g/mol. The van der Waals surface area contributed by atoms with Crippen LogP contribution >= 0.6 is 0 Å². The summed E-state index contributed by atoms with van der Waals surface area (Å²) >= 11 is 0. The van der Waals surface area contributed by atoms with Crippen molar-refractivity contribution in [3.63, 3.8) is 0 Å². The lowest BCUT2D eigenvalue weighted by Gasteiger charge is -2.24. The molecule has 106 valence electrons. The first-order valence-corrected chi connectivity index (χ1v) is 7.30. The lowest BCUT2D eigenvalue weighted by atomic mass is 9.96. The second-order valence-corrected chi connectivity index (χ2v) is 5.20. The van der Waals surface area contributed by atoms with Gasteiger partial charge in [-0.2, -0.15) is 5.10 Å². The first-order valence-electron chi connectivity index (χ1n) is 7.30. The van der Waals surface area contributed by atoms with Crippen LogP contribution < -0.4 is 10.6 Å². The van der Waals surface area contributed by atoms with E-state index in [0.717, 1.165) is 18.1 Å². The fourth-order valence-electron chi connectivity index (χ4n) is 2.48. The van der Waals surface area contributed by atoms with E-state index in [-0.39, 0.29) is 0 Å². The Kier molecular flexibility index (Phi) is 5.24. The maximum Gasteiger partial charge on any atom is 0.191 e. The molecule has 1 aliphatic rings. The normalized spacial score (nSPS) is 17.5. The predicted octanol–water partition coefficient (Wildman–Crippen LogP) is 1.81. The summed E-state index contributed by atoms with van der Waals surface area (Å²) in [6.45, 7) is 3.67. The Morgan fingerprint density at radius 3 is 2.84 bits per heavy atom. The van der Waals surface area contributed by atoms with Gasteiger partial charge in [-0.15, -0.1) is 0 Å². The van der Waals surface area contributed by atoms with Crippen LogP contribution in [0.25, 0.3) is 0 Å². The molecule has 0 amide bonds. The molecule has 0 atom stereocenters. The topological polar surface area (TPSA) is 54.2 Å². The van der Waals surface area contributed by atoms with Gasteiger partial charge in [0.05, 0.1) is 12.7 Å². The number of aryl methyl sites for hydroxylation is 1. The molecule has 1 aliphatic carbocycles. The Labute approximate surface area is 115 Å². The van der Waals surface area contributed by atoms with Crippen LogP contribution in [0.1, 0.15) is 44.6 Å². The molecular formula is C14H25N5. The summed E-state index contributed by atoms with van der Waals surface area (Å²) in [6, 6.07) is 0.584. The maximum atomic E-state index is 4.63. The number of rotatable bonds is 4. The molecule has 1 heterocycles. The Balaban J connectivity index is 1.90. The van der Waals surface area contributed by atoms with Crippen LogP contribution in [0.2, 0.25) is 0 Å². The van der Waals surface area contributed by atoms with Crippen LogP contribution in [0.4, 0.5) is 0 Å². The van der Waals surface area contributed by atoms with E-state index in [1.54, 1.807) is 0 Å². The molecule has 0 radical (unpaired) electrons. The average molecular weight is 263 g/mol. The van der Waals surface area contributed by atoms with E-state index < -0.39 is 0 Å². The van der Waals surface area contributed by atoms with Crippen molar-refractivity contribution >= 4 is 5.96 Å². The fraction of sp³-hybridized carbons (Fsp3) is 0.714. The summed E-state index contributed by atoms with van der Waals surface area (Å²) in [7, 11) is 1.93. The van der Waals surface area contributed by atoms with Crippen LogP contribution in [-0.4, -0.2) is 28.3 Å². The quantitative estimate of drug-likeness (QED) is 0.643. The number of aliphatic imine (C=N–C) groups is 1. The van der Waals surface area contributed by atoms with Crippen LogP contribution in [-0.2, 0) is 13.6 Å². The number of guanidine groups is 1. The van der Waals surface area contributed by atoms with Gasteiger partial charge in [0.15, 0.2) is 5.96 Å². The third-order valence-corrected chi connectivity index (χ3v) is 3.47. The van der Waals surface area contributed by atoms with Crippen molar-refractivity contribution in [3.8, 4) is 0 Å². The molecule has 1 aromatic rings. The van der Waals surface area contributed by atoms with E-state index in [1.165, 1.54) is 32.1 Å². The van der Waals surface area contributed by atoms with Gasteiger partial charge >= 0.3 is 0 Å². The van der Waals surface area contributed by atoms with Gasteiger partial charge < -0.3 is 10.6 Å². The van der Waals surface area contributed by atoms with Crippen molar-refractivity contribution in [2.45, 2.75) is 51.6 Å². The molecule has 5 heteroatoms. The van der Waals surface area contributed by atoms with E-state index in [0.29, 0.717) is 12.6 Å². The van der Waals surface area contributed by atoms with Gasteiger partial charge in [-0.1, -0.05) is 19.3 Å². The van der Waals surface area contributed by atoms with Gasteiger partial charge in [0.1, 0.15) is 0 Å². The molecule has 0 saturated heterocycles. The van der Waals surface area contributed by atoms with Crippen molar-refractivity contribution in [1.29, 1.82) is 0 Å². The minimum atomic E-state index is 0.584. The molecule has 0 spiro atoms. The summed E-state index contributed by atoms with van der Waals surface area (Å²) in [5, 5.41) is 11.0. The smallest absolute Gasteiger partial charge is 0.191 e. The Morgan fingerprint density at radius 2 is 2.21 bits per heavy atom. The molecule has 0 aromatic carbocycles. The molecule has 1 saturated carbocycles. The molecule has 2 N–H and O–H groups in total. The van der Waals surface area contributed by atoms with Crippen LogP contribution in [0, 0.1) is 0 Å². The van der Waals surface area contributed by atoms with E-state index in [9.17, 15) is 0 Å². The van der Waals surface area contributed by atoms with Crippen LogP contribution in [0.5, 0.6) is 0 Å². The van der Waals surface area contributed by atoms with Crippen molar-refractivity contribution in [2.75, 3.05) is 6.54 Å². The average Bonchev–Trinajstić information content (AvgIpc) is 2.83. The zero-order chi connectivity index (χ0) is 13.5. The zero-order valence-corrected chi connectivity index (χ0v) is 12.0. The Morgan fingerprint density at radius 1 is 1.42 bits per heavy atom. The highest BCUT2D eigenvalue weighted by Crippen LogP contribution is 2.17. The zero-order valence-electron chi connectivity index (χ0n) is 12.0. The molecule has 1 aromatic heterocycles. The Bertz CT molecular complexity index is 404. The van der Waals surface area contributed by atoms with Gasteiger partial charge in [0.2, 0.25) is 0 Å². The molecule has 0 unspecified atom stereocenters. The number of hydrogen-bond acceptors (Lipinski definition) is 2. The summed E-state index contributed by atoms with van der Waals surface area (Å²) in [6.07, 6.45) is 10.4. The highest BCUT2D eigenvalue weighted by Gasteiger charge is 2.14. The largest absolute Gasteiger partial charge is 0.357 e. The summed E-state index contributed by atoms with van der Waals surface area (Å²) in [5.74, 6) is 0.929. The van der Waals surface area contributed by atoms with Gasteiger partial charge in [-0.3, -0.25) is 4.68 Å². The van der Waals surface area contributed by atoms with E-state index in [2.05, 4.69) is 27.6 Å². The SMILES string of the molecule is CCNC(=NCc1cnn(C)c1)NC1CCCCC1. The molecule has 5 nitrogen and oxygen atoms in total. The third-order valence-electron chi connectivity index (χ3n) is 3.47. The number of hydrogen-bond donors (Lipinski definition) is 2. The standard InChI is InChI=1S/C14H25N5/c1-3-15-14(18-13-7-5-4-6-8-13)16-9-12-10-17-19(2)11-12/h10-11,13H,3-9H2,1-2H3,(H2,15,16,18). The van der Waals surface area contributed by atoms with Crippen molar-refractivity contribution in [2.24, 2.45) is 12.0 Å². The lowest BCUT2D eigenvalue weighted by molar-refractivity contribution is 0.410. The summed E-state index contributed by atoms with van der Waals surface area (Å²) in [5.41, 5.74) is 1.14. The molecule has 0 bridgehead atoms. The second kappa shape index (κ2) is 7.16. The van der Waals surface area contributed by atoms with Crippen molar-refractivity contribution < 1.29 is 0 Å². The second-order valence-electron chi connectivity index (χ2n) is 5.20. The number of aromatic nitrogens is 2. The number of nitrogens with one attached hydrogen (secondary N) is 2. The predicted molar refractivity (Wildman–Crippen MR) is 78.0 cm³/mol. The first kappa shape index (κ1) is 13.9.